The third kappa shape index (κ3) is 4.72. The van der Waals surface area contributed by atoms with E-state index in [-0.39, 0.29) is 23.1 Å². The largest absolute Gasteiger partial charge is 0.324 e. The number of anilines is 1. The van der Waals surface area contributed by atoms with Crippen LogP contribution in [0, 0.1) is 0 Å². The maximum Gasteiger partial charge on any atom is 0.243 e. The average molecular weight is 452 g/mol. The predicted octanol–water partition coefficient (Wildman–Crippen LogP) is 2.99. The third-order valence-corrected chi connectivity index (χ3v) is 7.57. The number of Topliss-reactive ketones (excluding diaryl/α,β-unsaturated/α-hetero) is 1. The van der Waals surface area contributed by atoms with Gasteiger partial charge in [0.05, 0.1) is 11.4 Å². The van der Waals surface area contributed by atoms with Crippen molar-refractivity contribution in [3.05, 3.63) is 72.3 Å². The van der Waals surface area contributed by atoms with E-state index >= 15 is 0 Å². The van der Waals surface area contributed by atoms with Crippen LogP contribution in [-0.2, 0) is 14.8 Å². The topological polar surface area (TPSA) is 86.8 Å². The minimum atomic E-state index is -3.63. The highest BCUT2D eigenvalue weighted by molar-refractivity contribution is 7.89. The summed E-state index contributed by atoms with van der Waals surface area (Å²) in [6, 6.07) is 19.6. The van der Waals surface area contributed by atoms with E-state index in [1.54, 1.807) is 0 Å². The summed E-state index contributed by atoms with van der Waals surface area (Å²) in [6.07, 6.45) is 0. The van der Waals surface area contributed by atoms with E-state index in [1.165, 1.54) is 35.5 Å². The van der Waals surface area contributed by atoms with Gasteiger partial charge in [-0.05, 0) is 30.5 Å². The molecule has 0 bridgehead atoms. The smallest absolute Gasteiger partial charge is 0.243 e. The van der Waals surface area contributed by atoms with Gasteiger partial charge >= 0.3 is 0 Å². The number of fused-ring (bicyclic) bond motifs is 1. The van der Waals surface area contributed by atoms with E-state index in [9.17, 15) is 18.0 Å². The van der Waals surface area contributed by atoms with Crippen molar-refractivity contribution < 1.29 is 18.0 Å². The molecule has 32 heavy (non-hydrogen) atoms. The summed E-state index contributed by atoms with van der Waals surface area (Å²) in [6.45, 7) is 3.18. The van der Waals surface area contributed by atoms with Gasteiger partial charge in [-0.3, -0.25) is 14.5 Å². The van der Waals surface area contributed by atoms with E-state index in [1.807, 2.05) is 47.4 Å². The predicted molar refractivity (Wildman–Crippen MR) is 124 cm³/mol. The van der Waals surface area contributed by atoms with Gasteiger partial charge in [-0.2, -0.15) is 4.31 Å². The van der Waals surface area contributed by atoms with Crippen molar-refractivity contribution in [3.63, 3.8) is 0 Å². The second-order valence-electron chi connectivity index (χ2n) is 7.84. The van der Waals surface area contributed by atoms with Crippen molar-refractivity contribution in [2.75, 3.05) is 38.0 Å². The number of nitrogens with zero attached hydrogens (tertiary/aromatic N) is 2. The van der Waals surface area contributed by atoms with Crippen LogP contribution in [-0.4, -0.2) is 62.0 Å². The number of sulfonamides is 1. The molecule has 4 rings (SSSR count). The standard InChI is InChI=1S/C24H25N3O4S/c1-18(28)19-9-11-21(12-10-19)32(30,31)27-15-13-26(14-16-27)17-24(29)25-23-8-4-6-20-5-2-3-7-22(20)23/h2-12H,13-17H2,1H3,(H,25,29). The van der Waals surface area contributed by atoms with Gasteiger partial charge in [0.1, 0.15) is 0 Å². The SMILES string of the molecule is CC(=O)c1ccc(S(=O)(=O)N2CCN(CC(=O)Nc3cccc4ccccc34)CC2)cc1. The van der Waals surface area contributed by atoms with Crippen LogP contribution in [0.3, 0.4) is 0 Å². The summed E-state index contributed by atoms with van der Waals surface area (Å²) in [5.74, 6) is -0.234. The molecule has 1 N–H and O–H groups in total. The fourth-order valence-corrected chi connectivity index (χ4v) is 5.29. The summed E-state index contributed by atoms with van der Waals surface area (Å²) in [7, 11) is -3.63. The Hall–Kier alpha value is -3.07. The fourth-order valence-electron chi connectivity index (χ4n) is 3.87. The van der Waals surface area contributed by atoms with E-state index in [4.69, 9.17) is 0 Å². The molecule has 7 nitrogen and oxygen atoms in total. The number of benzene rings is 3. The molecule has 1 heterocycles. The van der Waals surface area contributed by atoms with Gasteiger partial charge < -0.3 is 5.32 Å². The average Bonchev–Trinajstić information content (AvgIpc) is 2.80. The summed E-state index contributed by atoms with van der Waals surface area (Å²) in [5.41, 5.74) is 1.24. The number of amides is 1. The molecule has 1 saturated heterocycles. The number of carbonyl (C=O) groups is 2. The van der Waals surface area contributed by atoms with Gasteiger partial charge in [0.25, 0.3) is 0 Å². The number of rotatable bonds is 6. The van der Waals surface area contributed by atoms with Crippen molar-refractivity contribution in [1.29, 1.82) is 0 Å². The molecular weight excluding hydrogens is 426 g/mol. The van der Waals surface area contributed by atoms with Gasteiger partial charge in [-0.1, -0.05) is 48.5 Å². The summed E-state index contributed by atoms with van der Waals surface area (Å²) < 4.78 is 27.2. The minimum absolute atomic E-state index is 0.107. The molecule has 3 aromatic carbocycles. The molecule has 0 radical (unpaired) electrons. The molecule has 0 unspecified atom stereocenters. The van der Waals surface area contributed by atoms with Crippen LogP contribution in [0.5, 0.6) is 0 Å². The van der Waals surface area contributed by atoms with E-state index in [0.717, 1.165) is 16.5 Å². The van der Waals surface area contributed by atoms with Crippen LogP contribution in [0.25, 0.3) is 10.8 Å². The summed E-state index contributed by atoms with van der Waals surface area (Å²) >= 11 is 0. The first-order chi connectivity index (χ1) is 15.3. The van der Waals surface area contributed by atoms with Gasteiger partial charge in [0, 0.05) is 42.8 Å². The van der Waals surface area contributed by atoms with Gasteiger partial charge in [-0.15, -0.1) is 0 Å². The maximum atomic E-state index is 12.9. The van der Waals surface area contributed by atoms with E-state index < -0.39 is 10.0 Å². The lowest BCUT2D eigenvalue weighted by Crippen LogP contribution is -2.50. The quantitative estimate of drug-likeness (QED) is 0.583. The first kappa shape index (κ1) is 22.1. The molecule has 0 spiro atoms. The van der Waals surface area contributed by atoms with E-state index in [0.29, 0.717) is 31.7 Å². The molecular formula is C24H25N3O4S. The molecule has 1 aliphatic rings. The normalized spacial score (nSPS) is 15.5. The highest BCUT2D eigenvalue weighted by Crippen LogP contribution is 2.23. The third-order valence-electron chi connectivity index (χ3n) is 5.66. The molecule has 0 atom stereocenters. The first-order valence-electron chi connectivity index (χ1n) is 10.5. The Labute approximate surface area is 187 Å². The fraction of sp³-hybridized carbons (Fsp3) is 0.250. The molecule has 0 aliphatic carbocycles. The van der Waals surface area contributed by atoms with E-state index in [2.05, 4.69) is 5.32 Å². The van der Waals surface area contributed by atoms with Gasteiger partial charge in [0.2, 0.25) is 15.9 Å². The van der Waals surface area contributed by atoms with Crippen LogP contribution in [0.15, 0.2) is 71.6 Å². The lowest BCUT2D eigenvalue weighted by Gasteiger charge is -2.33. The Morgan fingerprint density at radius 2 is 1.53 bits per heavy atom. The lowest BCUT2D eigenvalue weighted by molar-refractivity contribution is -0.117. The van der Waals surface area contributed by atoms with Crippen LogP contribution in [0.4, 0.5) is 5.69 Å². The molecule has 166 valence electrons. The van der Waals surface area contributed by atoms with Crippen molar-refractivity contribution in [1.82, 2.24) is 9.21 Å². The van der Waals surface area contributed by atoms with Crippen molar-refractivity contribution in [2.24, 2.45) is 0 Å². The number of ketones is 1. The Morgan fingerprint density at radius 3 is 2.22 bits per heavy atom. The van der Waals surface area contributed by atoms with Crippen LogP contribution >= 0.6 is 0 Å². The lowest BCUT2D eigenvalue weighted by atomic mass is 10.1. The van der Waals surface area contributed by atoms with Crippen molar-refractivity contribution in [3.8, 4) is 0 Å². The Morgan fingerprint density at radius 1 is 0.875 bits per heavy atom. The summed E-state index contributed by atoms with van der Waals surface area (Å²) in [4.78, 5) is 26.1. The molecule has 1 amide bonds. The molecule has 0 aromatic heterocycles. The van der Waals surface area contributed by atoms with Crippen LogP contribution in [0.2, 0.25) is 0 Å². The number of nitrogens with one attached hydrogen (secondary N) is 1. The highest BCUT2D eigenvalue weighted by Gasteiger charge is 2.29. The Balaban J connectivity index is 1.35. The first-order valence-corrected chi connectivity index (χ1v) is 11.9. The molecule has 1 fully saturated rings. The number of hydrogen-bond acceptors (Lipinski definition) is 5. The minimum Gasteiger partial charge on any atom is -0.324 e. The van der Waals surface area contributed by atoms with Crippen molar-refractivity contribution in [2.45, 2.75) is 11.8 Å². The Kier molecular flexibility index (Phi) is 6.36. The molecule has 8 heteroatoms. The second-order valence-corrected chi connectivity index (χ2v) is 9.77. The van der Waals surface area contributed by atoms with Crippen molar-refractivity contribution >= 4 is 38.2 Å². The zero-order chi connectivity index (χ0) is 22.7. The monoisotopic (exact) mass is 451 g/mol. The molecule has 3 aromatic rings. The zero-order valence-electron chi connectivity index (χ0n) is 17.8. The van der Waals surface area contributed by atoms with Crippen LogP contribution < -0.4 is 5.32 Å². The second kappa shape index (κ2) is 9.20. The molecule has 0 saturated carbocycles. The zero-order valence-corrected chi connectivity index (χ0v) is 18.6. The molecule has 1 aliphatic heterocycles. The summed E-state index contributed by atoms with van der Waals surface area (Å²) in [5, 5.41) is 5.01. The van der Waals surface area contributed by atoms with Gasteiger partial charge in [0.15, 0.2) is 5.78 Å². The van der Waals surface area contributed by atoms with Gasteiger partial charge in [-0.25, -0.2) is 8.42 Å². The number of piperazine rings is 1. The number of hydrogen-bond donors (Lipinski definition) is 1. The maximum absolute atomic E-state index is 12.9. The highest BCUT2D eigenvalue weighted by atomic mass is 32.2. The van der Waals surface area contributed by atoms with Crippen LogP contribution in [0.1, 0.15) is 17.3 Å². The number of carbonyl (C=O) groups excluding carboxylic acids is 2. The Bertz CT molecular complexity index is 1240.